The van der Waals surface area contributed by atoms with Gasteiger partial charge < -0.3 is 4.90 Å². The van der Waals surface area contributed by atoms with Gasteiger partial charge in [-0.3, -0.25) is 0 Å². The van der Waals surface area contributed by atoms with Crippen LogP contribution in [0.15, 0.2) is 29.2 Å². The SMILES string of the molecule is CN(C)S(=O)(=O)c1ccc(N2CCCC2)cc1. The number of sulfonamides is 1. The molecule has 0 bridgehead atoms. The van der Waals surface area contributed by atoms with Crippen LogP contribution in [-0.2, 0) is 10.0 Å². The summed E-state index contributed by atoms with van der Waals surface area (Å²) in [6, 6.07) is 7.15. The van der Waals surface area contributed by atoms with Crippen molar-refractivity contribution in [3.05, 3.63) is 24.3 Å². The summed E-state index contributed by atoms with van der Waals surface area (Å²) >= 11 is 0. The summed E-state index contributed by atoms with van der Waals surface area (Å²) in [7, 11) is -0.212. The highest BCUT2D eigenvalue weighted by Crippen LogP contribution is 2.22. The van der Waals surface area contributed by atoms with Crippen molar-refractivity contribution in [3.8, 4) is 0 Å². The molecule has 94 valence electrons. The van der Waals surface area contributed by atoms with E-state index in [1.807, 2.05) is 12.1 Å². The molecular weight excluding hydrogens is 236 g/mol. The van der Waals surface area contributed by atoms with E-state index in [2.05, 4.69) is 4.90 Å². The van der Waals surface area contributed by atoms with Crippen LogP contribution < -0.4 is 4.90 Å². The Balaban J connectivity index is 2.24. The Morgan fingerprint density at radius 2 is 1.59 bits per heavy atom. The standard InChI is InChI=1S/C12H18N2O2S/c1-13(2)17(15,16)12-7-5-11(6-8-12)14-9-3-4-10-14/h5-8H,3-4,9-10H2,1-2H3. The molecule has 0 unspecified atom stereocenters. The minimum Gasteiger partial charge on any atom is -0.372 e. The third-order valence-corrected chi connectivity index (χ3v) is 4.92. The van der Waals surface area contributed by atoms with Crippen molar-refractivity contribution in [1.29, 1.82) is 0 Å². The van der Waals surface area contributed by atoms with Crippen molar-refractivity contribution >= 4 is 15.7 Å². The molecular formula is C12H18N2O2S. The van der Waals surface area contributed by atoms with Crippen LogP contribution in [-0.4, -0.2) is 39.9 Å². The second-order valence-corrected chi connectivity index (χ2v) is 6.63. The molecule has 5 heteroatoms. The van der Waals surface area contributed by atoms with Gasteiger partial charge in [0.1, 0.15) is 0 Å². The molecule has 0 N–H and O–H groups in total. The Kier molecular flexibility index (Phi) is 3.40. The maximum atomic E-state index is 11.9. The lowest BCUT2D eigenvalue weighted by atomic mass is 10.3. The molecule has 1 saturated heterocycles. The summed E-state index contributed by atoms with van der Waals surface area (Å²) in [5.74, 6) is 0. The first-order valence-corrected chi connectivity index (χ1v) is 7.23. The largest absolute Gasteiger partial charge is 0.372 e. The molecule has 1 aromatic carbocycles. The smallest absolute Gasteiger partial charge is 0.242 e. The van der Waals surface area contributed by atoms with Crippen molar-refractivity contribution in [2.24, 2.45) is 0 Å². The number of anilines is 1. The first kappa shape index (κ1) is 12.4. The fourth-order valence-corrected chi connectivity index (χ4v) is 2.92. The Morgan fingerprint density at radius 3 is 2.06 bits per heavy atom. The topological polar surface area (TPSA) is 40.6 Å². The molecule has 1 aliphatic rings. The van der Waals surface area contributed by atoms with Crippen LogP contribution in [0.25, 0.3) is 0 Å². The lowest BCUT2D eigenvalue weighted by Gasteiger charge is -2.18. The average molecular weight is 254 g/mol. The van der Waals surface area contributed by atoms with Gasteiger partial charge in [-0.15, -0.1) is 0 Å². The summed E-state index contributed by atoms with van der Waals surface area (Å²) in [6.45, 7) is 2.14. The minimum atomic E-state index is -3.30. The van der Waals surface area contributed by atoms with Gasteiger partial charge in [0, 0.05) is 32.9 Å². The van der Waals surface area contributed by atoms with Gasteiger partial charge in [0.05, 0.1) is 4.90 Å². The predicted molar refractivity (Wildman–Crippen MR) is 68.8 cm³/mol. The van der Waals surface area contributed by atoms with E-state index in [1.165, 1.54) is 17.1 Å². The predicted octanol–water partition coefficient (Wildman–Crippen LogP) is 1.54. The van der Waals surface area contributed by atoms with Gasteiger partial charge in [0.15, 0.2) is 0 Å². The van der Waals surface area contributed by atoms with Crippen LogP contribution in [0.1, 0.15) is 12.8 Å². The molecule has 1 aromatic rings. The fraction of sp³-hybridized carbons (Fsp3) is 0.500. The molecule has 0 atom stereocenters. The fourth-order valence-electron chi connectivity index (χ4n) is 2.02. The van der Waals surface area contributed by atoms with Crippen LogP contribution in [0.4, 0.5) is 5.69 Å². The van der Waals surface area contributed by atoms with Crippen LogP contribution >= 0.6 is 0 Å². The molecule has 0 amide bonds. The van der Waals surface area contributed by atoms with Gasteiger partial charge in [-0.05, 0) is 37.1 Å². The summed E-state index contributed by atoms with van der Waals surface area (Å²) < 4.78 is 25.0. The number of hydrogen-bond donors (Lipinski definition) is 0. The van der Waals surface area contributed by atoms with Gasteiger partial charge in [-0.1, -0.05) is 0 Å². The molecule has 4 nitrogen and oxygen atoms in total. The summed E-state index contributed by atoms with van der Waals surface area (Å²) in [6.07, 6.45) is 2.44. The molecule has 2 rings (SSSR count). The lowest BCUT2D eigenvalue weighted by Crippen LogP contribution is -2.22. The Hall–Kier alpha value is -1.07. The second-order valence-electron chi connectivity index (χ2n) is 4.48. The molecule has 1 heterocycles. The van der Waals surface area contributed by atoms with Crippen LogP contribution in [0.2, 0.25) is 0 Å². The third-order valence-electron chi connectivity index (χ3n) is 3.09. The maximum absolute atomic E-state index is 11.9. The van der Waals surface area contributed by atoms with E-state index in [9.17, 15) is 8.42 Å². The summed E-state index contributed by atoms with van der Waals surface area (Å²) in [5.41, 5.74) is 1.11. The van der Waals surface area contributed by atoms with Crippen molar-refractivity contribution < 1.29 is 8.42 Å². The molecule has 0 spiro atoms. The molecule has 1 aliphatic heterocycles. The Bertz CT molecular complexity index is 474. The third kappa shape index (κ3) is 2.45. The van der Waals surface area contributed by atoms with E-state index in [1.54, 1.807) is 26.2 Å². The van der Waals surface area contributed by atoms with E-state index in [0.29, 0.717) is 4.90 Å². The Morgan fingerprint density at radius 1 is 1.06 bits per heavy atom. The van der Waals surface area contributed by atoms with Crippen LogP contribution in [0.3, 0.4) is 0 Å². The van der Waals surface area contributed by atoms with Crippen molar-refractivity contribution in [1.82, 2.24) is 4.31 Å². The molecule has 0 aromatic heterocycles. The number of hydrogen-bond acceptors (Lipinski definition) is 3. The van der Waals surface area contributed by atoms with Gasteiger partial charge in [-0.2, -0.15) is 0 Å². The minimum absolute atomic E-state index is 0.352. The molecule has 0 saturated carbocycles. The van der Waals surface area contributed by atoms with Crippen molar-refractivity contribution in [2.45, 2.75) is 17.7 Å². The summed E-state index contributed by atoms with van der Waals surface area (Å²) in [5, 5.41) is 0. The second kappa shape index (κ2) is 4.66. The van der Waals surface area contributed by atoms with E-state index in [4.69, 9.17) is 0 Å². The maximum Gasteiger partial charge on any atom is 0.242 e. The monoisotopic (exact) mass is 254 g/mol. The first-order chi connectivity index (χ1) is 8.01. The van der Waals surface area contributed by atoms with Gasteiger partial charge >= 0.3 is 0 Å². The van der Waals surface area contributed by atoms with Crippen LogP contribution in [0.5, 0.6) is 0 Å². The first-order valence-electron chi connectivity index (χ1n) is 5.79. The number of rotatable bonds is 3. The van der Waals surface area contributed by atoms with E-state index in [-0.39, 0.29) is 0 Å². The molecule has 0 radical (unpaired) electrons. The van der Waals surface area contributed by atoms with E-state index < -0.39 is 10.0 Å². The van der Waals surface area contributed by atoms with Crippen LogP contribution in [0, 0.1) is 0 Å². The van der Waals surface area contributed by atoms with Gasteiger partial charge in [0.25, 0.3) is 0 Å². The number of benzene rings is 1. The highest BCUT2D eigenvalue weighted by molar-refractivity contribution is 7.89. The van der Waals surface area contributed by atoms with E-state index in [0.717, 1.165) is 18.8 Å². The summed E-state index contributed by atoms with van der Waals surface area (Å²) in [4.78, 5) is 2.64. The number of nitrogens with zero attached hydrogens (tertiary/aromatic N) is 2. The van der Waals surface area contributed by atoms with Crippen molar-refractivity contribution in [2.75, 3.05) is 32.1 Å². The quantitative estimate of drug-likeness (QED) is 0.821. The zero-order valence-electron chi connectivity index (χ0n) is 10.3. The molecule has 0 aliphatic carbocycles. The normalized spacial score (nSPS) is 16.8. The zero-order valence-corrected chi connectivity index (χ0v) is 11.1. The highest BCUT2D eigenvalue weighted by atomic mass is 32.2. The van der Waals surface area contributed by atoms with Gasteiger partial charge in [0.2, 0.25) is 10.0 Å². The van der Waals surface area contributed by atoms with Crippen molar-refractivity contribution in [3.63, 3.8) is 0 Å². The zero-order chi connectivity index (χ0) is 12.5. The average Bonchev–Trinajstić information content (AvgIpc) is 2.82. The lowest BCUT2D eigenvalue weighted by molar-refractivity contribution is 0.521. The van der Waals surface area contributed by atoms with Gasteiger partial charge in [-0.25, -0.2) is 12.7 Å². The molecule has 17 heavy (non-hydrogen) atoms. The Labute approximate surface area is 103 Å². The van der Waals surface area contributed by atoms with E-state index >= 15 is 0 Å². The molecule has 1 fully saturated rings. The highest BCUT2D eigenvalue weighted by Gasteiger charge is 2.18.